The molecule has 1 aliphatic carbocycles. The van der Waals surface area contributed by atoms with Gasteiger partial charge in [0.05, 0.1) is 13.7 Å². The highest BCUT2D eigenvalue weighted by molar-refractivity contribution is 7.00. The van der Waals surface area contributed by atoms with Gasteiger partial charge in [-0.3, -0.25) is 0 Å². The van der Waals surface area contributed by atoms with Gasteiger partial charge in [0.1, 0.15) is 0 Å². The molecule has 0 saturated carbocycles. The lowest BCUT2D eigenvalue weighted by Crippen LogP contribution is -2.61. The predicted molar refractivity (Wildman–Crippen MR) is 326 cm³/mol. The van der Waals surface area contributed by atoms with Crippen LogP contribution in [0.15, 0.2) is 224 Å². The smallest absolute Gasteiger partial charge is 0.252 e. The zero-order chi connectivity index (χ0) is 61.0. The number of rotatable bonds is 7. The third-order valence-electron chi connectivity index (χ3n) is 16.0. The molecule has 370 valence electrons. The van der Waals surface area contributed by atoms with Gasteiger partial charge >= 0.3 is 0 Å². The molecule has 0 N–H and O–H groups in total. The number of benzene rings is 10. The van der Waals surface area contributed by atoms with Gasteiger partial charge in [0.15, 0.2) is 0 Å². The second-order valence-electron chi connectivity index (χ2n) is 23.2. The van der Waals surface area contributed by atoms with Gasteiger partial charge in [0.2, 0.25) is 0 Å². The lowest BCUT2D eigenvalue weighted by atomic mass is 9.33. The van der Waals surface area contributed by atoms with E-state index in [0.717, 1.165) is 50.8 Å². The summed E-state index contributed by atoms with van der Waals surface area (Å²) in [7, 11) is 0. The Kier molecular flexibility index (Phi) is 8.68. The SMILES string of the molecule is [2H]c1c([2H])c([2H])c(-c2ccc(N(c3ccc(-c4c([2H])c([2H])c([2H])c([2H])c4[2H])cc3)c3ccc4c(c3)N(c3ccc(C(C)(C)C)cc3)c3cc(C)cc5c3B4c3ccc(C(C)(C)C)cc3N5c3ccc4c(c3)C(C)(C)c3ccccc3-4)cc2)c([2H])c1[2H]. The first-order valence-electron chi connectivity index (χ1n) is 31.3. The molecule has 0 fully saturated rings. The lowest BCUT2D eigenvalue weighted by Gasteiger charge is -2.45. The van der Waals surface area contributed by atoms with Crippen molar-refractivity contribution in [2.24, 2.45) is 0 Å². The van der Waals surface area contributed by atoms with E-state index in [9.17, 15) is 0 Å². The van der Waals surface area contributed by atoms with E-state index in [0.29, 0.717) is 22.5 Å². The first-order valence-corrected chi connectivity index (χ1v) is 26.3. The molecule has 4 heteroatoms. The summed E-state index contributed by atoms with van der Waals surface area (Å²) in [5.41, 5.74) is 21.3. The molecule has 3 aliphatic rings. The fourth-order valence-electron chi connectivity index (χ4n) is 12.0. The number of hydrogen-bond acceptors (Lipinski definition) is 3. The van der Waals surface area contributed by atoms with Crippen molar-refractivity contribution in [3.8, 4) is 33.4 Å². The van der Waals surface area contributed by atoms with Crippen LogP contribution >= 0.6 is 0 Å². The van der Waals surface area contributed by atoms with E-state index in [1.807, 2.05) is 24.3 Å². The van der Waals surface area contributed by atoms with Crippen LogP contribution in [0.5, 0.6) is 0 Å². The molecule has 0 spiro atoms. The van der Waals surface area contributed by atoms with Crippen LogP contribution in [0.4, 0.5) is 51.2 Å². The Morgan fingerprint density at radius 3 is 1.50 bits per heavy atom. The molecule has 10 aromatic carbocycles. The number of nitrogens with zero attached hydrogens (tertiary/aromatic N) is 3. The minimum absolute atomic E-state index is 0.0961. The summed E-state index contributed by atoms with van der Waals surface area (Å²) in [6.07, 6.45) is 0. The second kappa shape index (κ2) is 17.6. The lowest BCUT2D eigenvalue weighted by molar-refractivity contribution is 0.590. The van der Waals surface area contributed by atoms with Crippen molar-refractivity contribution in [1.29, 1.82) is 0 Å². The minimum atomic E-state index is -0.460. The number of aryl methyl sites for hydroxylation is 1. The van der Waals surface area contributed by atoms with E-state index < -0.39 is 36.3 Å². The molecule has 0 saturated heterocycles. The molecule has 0 unspecified atom stereocenters. The molecular weight excluding hydrogens is 918 g/mol. The summed E-state index contributed by atoms with van der Waals surface area (Å²) in [5.74, 6) is 0. The Hall–Kier alpha value is -8.34. The van der Waals surface area contributed by atoms with Crippen LogP contribution in [-0.4, -0.2) is 6.71 Å². The molecule has 3 nitrogen and oxygen atoms in total. The molecular formula is C72H64BN3. The van der Waals surface area contributed by atoms with Crippen molar-refractivity contribution in [2.75, 3.05) is 14.7 Å². The second-order valence-corrected chi connectivity index (χ2v) is 23.2. The first kappa shape index (κ1) is 37.4. The molecule has 2 aliphatic heterocycles. The number of anilines is 9. The zero-order valence-corrected chi connectivity index (χ0v) is 44.5. The van der Waals surface area contributed by atoms with Crippen molar-refractivity contribution in [1.82, 2.24) is 0 Å². The minimum Gasteiger partial charge on any atom is -0.311 e. The average Bonchev–Trinajstić information content (AvgIpc) is 0.779. The third kappa shape index (κ3) is 7.80. The quantitative estimate of drug-likeness (QED) is 0.147. The molecule has 13 rings (SSSR count). The van der Waals surface area contributed by atoms with Gasteiger partial charge in [-0.05, 0) is 174 Å². The van der Waals surface area contributed by atoms with Crippen LogP contribution in [0.25, 0.3) is 33.4 Å². The molecule has 0 radical (unpaired) electrons. The molecule has 10 aromatic rings. The Morgan fingerprint density at radius 1 is 0.434 bits per heavy atom. The van der Waals surface area contributed by atoms with Gasteiger partial charge in [-0.2, -0.15) is 0 Å². The van der Waals surface area contributed by atoms with Crippen LogP contribution in [0, 0.1) is 6.92 Å². The van der Waals surface area contributed by atoms with Crippen molar-refractivity contribution < 1.29 is 13.7 Å². The maximum absolute atomic E-state index is 8.83. The number of hydrogen-bond donors (Lipinski definition) is 0. The summed E-state index contributed by atoms with van der Waals surface area (Å²) >= 11 is 0. The topological polar surface area (TPSA) is 9.72 Å². The Labute approximate surface area is 464 Å². The fraction of sp³-hybridized carbons (Fsp3) is 0.167. The van der Waals surface area contributed by atoms with E-state index >= 15 is 0 Å². The summed E-state index contributed by atoms with van der Waals surface area (Å²) in [6.45, 7) is 20.1. The summed E-state index contributed by atoms with van der Waals surface area (Å²) in [4.78, 5) is 7.01. The predicted octanol–water partition coefficient (Wildman–Crippen LogP) is 17.8. The van der Waals surface area contributed by atoms with Crippen LogP contribution in [0.2, 0.25) is 0 Å². The molecule has 0 aromatic heterocycles. The summed E-state index contributed by atoms with van der Waals surface area (Å²) in [6, 6.07) is 54.0. The fourth-order valence-corrected chi connectivity index (χ4v) is 12.0. The molecule has 0 bridgehead atoms. The highest BCUT2D eigenvalue weighted by atomic mass is 15.2. The normalized spacial score (nSPS) is 15.7. The van der Waals surface area contributed by atoms with Crippen molar-refractivity contribution >= 4 is 74.3 Å². The Morgan fingerprint density at radius 2 is 0.921 bits per heavy atom. The molecule has 2 heterocycles. The van der Waals surface area contributed by atoms with Crippen LogP contribution in [-0.2, 0) is 16.2 Å². The zero-order valence-electron chi connectivity index (χ0n) is 54.5. The summed E-state index contributed by atoms with van der Waals surface area (Å²) in [5, 5.41) is 0. The highest BCUT2D eigenvalue weighted by Crippen LogP contribution is 2.52. The van der Waals surface area contributed by atoms with E-state index in [-0.39, 0.29) is 58.3 Å². The highest BCUT2D eigenvalue weighted by Gasteiger charge is 2.45. The van der Waals surface area contributed by atoms with Gasteiger partial charge in [-0.25, -0.2) is 0 Å². The summed E-state index contributed by atoms with van der Waals surface area (Å²) < 4.78 is 85.7. The van der Waals surface area contributed by atoms with Gasteiger partial charge in [-0.15, -0.1) is 0 Å². The first-order chi connectivity index (χ1) is 40.8. The standard InChI is InChI=1S/C72H64BN3/c1-47-42-67-69-68(43-47)76(57-37-39-60-59-22-16-17-23-61(59)72(8,9)62(60)45-57)65-44-53(71(5,6)7)30-40-63(65)73(69)64-41-38-58(46-66(64)75(67)56-35-28-52(29-36-56)70(2,3)4)74(54-31-24-50(25-32-54)48-18-12-10-13-19-48)55-33-26-51(27-34-55)49-20-14-11-15-21-49/h10-46H,1-9H3/i10D,11D,12D,13D,14D,15D,18D,19D,20D,21D. The van der Waals surface area contributed by atoms with Crippen molar-refractivity contribution in [3.05, 3.63) is 252 Å². The maximum atomic E-state index is 8.83. The monoisotopic (exact) mass is 992 g/mol. The maximum Gasteiger partial charge on any atom is 0.252 e. The van der Waals surface area contributed by atoms with Crippen LogP contribution in [0.1, 0.15) is 96.9 Å². The van der Waals surface area contributed by atoms with E-state index in [4.69, 9.17) is 13.7 Å². The van der Waals surface area contributed by atoms with Gasteiger partial charge < -0.3 is 14.7 Å². The van der Waals surface area contributed by atoms with E-state index in [1.54, 1.807) is 24.3 Å². The average molecular weight is 992 g/mol. The van der Waals surface area contributed by atoms with Crippen molar-refractivity contribution in [2.45, 2.75) is 78.6 Å². The van der Waals surface area contributed by atoms with Crippen LogP contribution < -0.4 is 31.1 Å². The molecule has 76 heavy (non-hydrogen) atoms. The van der Waals surface area contributed by atoms with Crippen LogP contribution in [0.3, 0.4) is 0 Å². The Balaban J connectivity index is 1.04. The van der Waals surface area contributed by atoms with Crippen molar-refractivity contribution in [3.63, 3.8) is 0 Å². The molecule has 0 atom stereocenters. The van der Waals surface area contributed by atoms with Gasteiger partial charge in [0.25, 0.3) is 6.71 Å². The van der Waals surface area contributed by atoms with Gasteiger partial charge in [0, 0.05) is 56.6 Å². The van der Waals surface area contributed by atoms with E-state index in [1.165, 1.54) is 44.3 Å². The largest absolute Gasteiger partial charge is 0.311 e. The number of fused-ring (bicyclic) bond motifs is 7. The van der Waals surface area contributed by atoms with E-state index in [2.05, 4.69) is 192 Å². The third-order valence-corrected chi connectivity index (χ3v) is 16.0. The Bertz CT molecular complexity index is 4320. The van der Waals surface area contributed by atoms with Gasteiger partial charge in [-0.1, -0.05) is 201 Å². The molecule has 0 amide bonds.